The topological polar surface area (TPSA) is 87.5 Å². The molecular formula is C11H16N4O3. The highest BCUT2D eigenvalue weighted by Crippen LogP contribution is 2.20. The molecule has 2 rings (SSSR count). The second-order valence-electron chi connectivity index (χ2n) is 4.42. The van der Waals surface area contributed by atoms with Gasteiger partial charge in [-0.2, -0.15) is 5.10 Å². The van der Waals surface area contributed by atoms with E-state index in [2.05, 4.69) is 10.4 Å². The Morgan fingerprint density at radius 3 is 2.83 bits per heavy atom. The predicted molar refractivity (Wildman–Crippen MR) is 64.3 cm³/mol. The number of rotatable bonds is 2. The molecule has 1 atom stereocenters. The first-order chi connectivity index (χ1) is 8.49. The van der Waals surface area contributed by atoms with E-state index >= 15 is 0 Å². The number of carboxylic acid groups (broad SMARTS) is 1. The van der Waals surface area contributed by atoms with Gasteiger partial charge in [0.1, 0.15) is 6.04 Å². The molecule has 0 bridgehead atoms. The van der Waals surface area contributed by atoms with Gasteiger partial charge < -0.3 is 15.3 Å². The van der Waals surface area contributed by atoms with E-state index in [1.54, 1.807) is 24.9 Å². The van der Waals surface area contributed by atoms with Crippen molar-refractivity contribution in [3.63, 3.8) is 0 Å². The molecule has 1 aliphatic heterocycles. The summed E-state index contributed by atoms with van der Waals surface area (Å²) in [5, 5.41) is 15.8. The first-order valence-electron chi connectivity index (χ1n) is 5.79. The highest BCUT2D eigenvalue weighted by atomic mass is 16.4. The molecule has 0 radical (unpaired) electrons. The quantitative estimate of drug-likeness (QED) is 0.815. The molecule has 2 amide bonds. The van der Waals surface area contributed by atoms with E-state index in [-0.39, 0.29) is 6.03 Å². The van der Waals surface area contributed by atoms with Gasteiger partial charge in [0.05, 0.1) is 11.4 Å². The van der Waals surface area contributed by atoms with Crippen LogP contribution in [0.5, 0.6) is 0 Å². The lowest BCUT2D eigenvalue weighted by Crippen LogP contribution is -2.42. The Labute approximate surface area is 104 Å². The van der Waals surface area contributed by atoms with E-state index in [1.807, 2.05) is 0 Å². The Bertz CT molecular complexity index is 483. The second-order valence-corrected chi connectivity index (χ2v) is 4.42. The average Bonchev–Trinajstić information content (AvgIpc) is 2.86. The van der Waals surface area contributed by atoms with E-state index in [9.17, 15) is 9.59 Å². The van der Waals surface area contributed by atoms with E-state index < -0.39 is 12.0 Å². The largest absolute Gasteiger partial charge is 0.480 e. The van der Waals surface area contributed by atoms with E-state index in [1.165, 1.54) is 4.90 Å². The van der Waals surface area contributed by atoms with Gasteiger partial charge in [-0.15, -0.1) is 0 Å². The number of nitrogens with zero attached hydrogens (tertiary/aromatic N) is 3. The van der Waals surface area contributed by atoms with E-state index in [0.717, 1.165) is 6.42 Å². The summed E-state index contributed by atoms with van der Waals surface area (Å²) >= 11 is 0. The number of likely N-dealkylation sites (tertiary alicyclic amines) is 1. The van der Waals surface area contributed by atoms with Crippen LogP contribution in [-0.4, -0.2) is 44.4 Å². The van der Waals surface area contributed by atoms with Crippen LogP contribution < -0.4 is 5.32 Å². The van der Waals surface area contributed by atoms with Crippen LogP contribution in [0.15, 0.2) is 6.20 Å². The van der Waals surface area contributed by atoms with Crippen LogP contribution in [0.4, 0.5) is 10.5 Å². The number of anilines is 1. The number of aliphatic carboxylic acids is 1. The molecule has 2 N–H and O–H groups in total. The fourth-order valence-electron chi connectivity index (χ4n) is 2.18. The van der Waals surface area contributed by atoms with Crippen LogP contribution in [-0.2, 0) is 11.8 Å². The number of carbonyl (C=O) groups is 2. The van der Waals surface area contributed by atoms with Gasteiger partial charge in [-0.3, -0.25) is 4.68 Å². The number of hydrogen-bond donors (Lipinski definition) is 2. The monoisotopic (exact) mass is 252 g/mol. The maximum absolute atomic E-state index is 12.0. The Hall–Kier alpha value is -2.05. The summed E-state index contributed by atoms with van der Waals surface area (Å²) in [6, 6.07) is -1.10. The third kappa shape index (κ3) is 2.29. The number of hydrogen-bond acceptors (Lipinski definition) is 3. The SMILES string of the molecule is Cc1nn(C)cc1NC(=O)N1CCC[C@H]1C(=O)O. The smallest absolute Gasteiger partial charge is 0.326 e. The third-order valence-electron chi connectivity index (χ3n) is 3.05. The molecular weight excluding hydrogens is 236 g/mol. The Kier molecular flexibility index (Phi) is 3.22. The summed E-state index contributed by atoms with van der Waals surface area (Å²) in [4.78, 5) is 24.4. The van der Waals surface area contributed by atoms with Gasteiger partial charge in [-0.25, -0.2) is 9.59 Å². The molecule has 0 saturated carbocycles. The van der Waals surface area contributed by atoms with Crippen LogP contribution in [0.1, 0.15) is 18.5 Å². The van der Waals surface area contributed by atoms with Crippen molar-refractivity contribution < 1.29 is 14.7 Å². The lowest BCUT2D eigenvalue weighted by atomic mass is 10.2. The molecule has 1 aliphatic rings. The average molecular weight is 252 g/mol. The summed E-state index contributed by atoms with van der Waals surface area (Å²) in [7, 11) is 1.76. The highest BCUT2D eigenvalue weighted by molar-refractivity contribution is 5.93. The van der Waals surface area contributed by atoms with Gasteiger partial charge in [-0.05, 0) is 19.8 Å². The first-order valence-corrected chi connectivity index (χ1v) is 5.79. The summed E-state index contributed by atoms with van der Waals surface area (Å²) < 4.78 is 1.60. The van der Waals surface area contributed by atoms with Crippen LogP contribution in [0.2, 0.25) is 0 Å². The highest BCUT2D eigenvalue weighted by Gasteiger charge is 2.34. The van der Waals surface area contributed by atoms with Gasteiger partial charge >= 0.3 is 12.0 Å². The minimum atomic E-state index is -0.953. The fraction of sp³-hybridized carbons (Fsp3) is 0.545. The molecule has 1 aromatic heterocycles. The Morgan fingerprint density at radius 2 is 2.28 bits per heavy atom. The number of aryl methyl sites for hydroxylation is 2. The zero-order valence-corrected chi connectivity index (χ0v) is 10.4. The molecule has 2 heterocycles. The number of carboxylic acids is 1. The standard InChI is InChI=1S/C11H16N4O3/c1-7-8(6-14(2)13-7)12-11(18)15-5-3-4-9(15)10(16)17/h6,9H,3-5H2,1-2H3,(H,12,18)(H,16,17)/t9-/m0/s1. The molecule has 1 aromatic rings. The van der Waals surface area contributed by atoms with E-state index in [0.29, 0.717) is 24.3 Å². The summed E-state index contributed by atoms with van der Waals surface area (Å²) in [5.74, 6) is -0.953. The molecule has 7 nitrogen and oxygen atoms in total. The summed E-state index contributed by atoms with van der Waals surface area (Å²) in [6.07, 6.45) is 2.92. The van der Waals surface area contributed by atoms with Crippen molar-refractivity contribution in [2.45, 2.75) is 25.8 Å². The lowest BCUT2D eigenvalue weighted by Gasteiger charge is -2.21. The molecule has 98 valence electrons. The molecule has 0 spiro atoms. The summed E-state index contributed by atoms with van der Waals surface area (Å²) in [5.41, 5.74) is 1.32. The number of aromatic nitrogens is 2. The number of amides is 2. The maximum atomic E-state index is 12.0. The van der Waals surface area contributed by atoms with Crippen molar-refractivity contribution in [3.05, 3.63) is 11.9 Å². The van der Waals surface area contributed by atoms with Gasteiger partial charge in [0.15, 0.2) is 0 Å². The molecule has 0 aliphatic carbocycles. The predicted octanol–water partition coefficient (Wildman–Crippen LogP) is 0.809. The number of urea groups is 1. The van der Waals surface area contributed by atoms with Crippen LogP contribution >= 0.6 is 0 Å². The second kappa shape index (κ2) is 4.67. The third-order valence-corrected chi connectivity index (χ3v) is 3.05. The number of nitrogens with one attached hydrogen (secondary N) is 1. The van der Waals surface area contributed by atoms with Crippen molar-refractivity contribution in [2.75, 3.05) is 11.9 Å². The van der Waals surface area contributed by atoms with Crippen LogP contribution in [0.3, 0.4) is 0 Å². The van der Waals surface area contributed by atoms with Crippen molar-refractivity contribution >= 4 is 17.7 Å². The zero-order valence-electron chi connectivity index (χ0n) is 10.4. The fourth-order valence-corrected chi connectivity index (χ4v) is 2.18. The normalized spacial score (nSPS) is 19.0. The maximum Gasteiger partial charge on any atom is 0.326 e. The molecule has 0 unspecified atom stereocenters. The van der Waals surface area contributed by atoms with Gasteiger partial charge in [0.25, 0.3) is 0 Å². The van der Waals surface area contributed by atoms with Crippen LogP contribution in [0.25, 0.3) is 0 Å². The van der Waals surface area contributed by atoms with Gasteiger partial charge in [-0.1, -0.05) is 0 Å². The van der Waals surface area contributed by atoms with Gasteiger partial charge in [0.2, 0.25) is 0 Å². The molecule has 18 heavy (non-hydrogen) atoms. The molecule has 1 fully saturated rings. The Balaban J connectivity index is 2.08. The minimum Gasteiger partial charge on any atom is -0.480 e. The first kappa shape index (κ1) is 12.4. The van der Waals surface area contributed by atoms with Crippen LogP contribution in [0, 0.1) is 6.92 Å². The lowest BCUT2D eigenvalue weighted by molar-refractivity contribution is -0.141. The van der Waals surface area contributed by atoms with Crippen molar-refractivity contribution in [1.29, 1.82) is 0 Å². The molecule has 7 heteroatoms. The minimum absolute atomic E-state index is 0.379. The molecule has 0 aromatic carbocycles. The van der Waals surface area contributed by atoms with Gasteiger partial charge in [0, 0.05) is 19.8 Å². The summed E-state index contributed by atoms with van der Waals surface area (Å²) in [6.45, 7) is 2.26. The molecule has 1 saturated heterocycles. The van der Waals surface area contributed by atoms with Crippen molar-refractivity contribution in [2.24, 2.45) is 7.05 Å². The Morgan fingerprint density at radius 1 is 1.56 bits per heavy atom. The number of carbonyl (C=O) groups excluding carboxylic acids is 1. The van der Waals surface area contributed by atoms with Crippen molar-refractivity contribution in [1.82, 2.24) is 14.7 Å². The van der Waals surface area contributed by atoms with E-state index in [4.69, 9.17) is 5.11 Å². The zero-order chi connectivity index (χ0) is 13.3. The van der Waals surface area contributed by atoms with Crippen molar-refractivity contribution in [3.8, 4) is 0 Å².